The van der Waals surface area contributed by atoms with Crippen LogP contribution in [0.1, 0.15) is 0 Å². The number of aromatic nitrogens is 2. The summed E-state index contributed by atoms with van der Waals surface area (Å²) in [4.78, 5) is 10.4. The number of anilines is 1. The van der Waals surface area contributed by atoms with Crippen LogP contribution >= 0.6 is 11.6 Å². The van der Waals surface area contributed by atoms with Crippen LogP contribution in [0.4, 0.5) is 5.69 Å². The largest absolute Gasteiger partial charge is 0.369 e. The number of halogens is 1. The minimum atomic E-state index is 0.710. The summed E-state index contributed by atoms with van der Waals surface area (Å²) >= 11 is 6.07. The highest BCUT2D eigenvalue weighted by Gasteiger charge is 2.10. The molecule has 28 heavy (non-hydrogen) atoms. The van der Waals surface area contributed by atoms with Gasteiger partial charge in [0.05, 0.1) is 11.0 Å². The first-order valence-corrected chi connectivity index (χ1v) is 9.96. The van der Waals surface area contributed by atoms with Gasteiger partial charge in [-0.3, -0.25) is 0 Å². The molecule has 5 rings (SSSR count). The standard InChI is InChI=1S/C23H21ClN4/c24-19-7-10-21-22(15-19)27-23(26-21)18-3-1-16(2-4-18)17-5-8-20(9-6-17)28-13-11-25-12-14-28/h1-10,15,25H,11-14H2,(H,26,27). The Morgan fingerprint density at radius 2 is 1.43 bits per heavy atom. The van der Waals surface area contributed by atoms with Crippen molar-refractivity contribution in [3.63, 3.8) is 0 Å². The third-order valence-electron chi connectivity index (χ3n) is 5.29. The maximum atomic E-state index is 6.07. The molecule has 1 aliphatic heterocycles. The number of imidazole rings is 1. The summed E-state index contributed by atoms with van der Waals surface area (Å²) in [7, 11) is 0. The van der Waals surface area contributed by atoms with Crippen molar-refractivity contribution in [1.82, 2.24) is 15.3 Å². The molecule has 0 unspecified atom stereocenters. The van der Waals surface area contributed by atoms with E-state index in [1.54, 1.807) is 0 Å². The Morgan fingerprint density at radius 3 is 2.14 bits per heavy atom. The van der Waals surface area contributed by atoms with E-state index in [1.165, 1.54) is 16.8 Å². The average molecular weight is 389 g/mol. The van der Waals surface area contributed by atoms with Crippen molar-refractivity contribution < 1.29 is 0 Å². The highest BCUT2D eigenvalue weighted by Crippen LogP contribution is 2.27. The fourth-order valence-corrected chi connectivity index (χ4v) is 3.90. The number of rotatable bonds is 3. The zero-order valence-electron chi connectivity index (χ0n) is 15.5. The molecule has 3 aromatic carbocycles. The molecule has 1 saturated heterocycles. The lowest BCUT2D eigenvalue weighted by Gasteiger charge is -2.29. The SMILES string of the molecule is Clc1ccc2nc(-c3ccc(-c4ccc(N5CCNCC5)cc4)cc3)[nH]c2c1. The van der Waals surface area contributed by atoms with Gasteiger partial charge in [0, 0.05) is 42.5 Å². The molecule has 0 spiro atoms. The maximum Gasteiger partial charge on any atom is 0.138 e. The van der Waals surface area contributed by atoms with Crippen LogP contribution in [0, 0.1) is 0 Å². The number of H-pyrrole nitrogens is 1. The van der Waals surface area contributed by atoms with E-state index in [9.17, 15) is 0 Å². The fourth-order valence-electron chi connectivity index (χ4n) is 3.73. The first kappa shape index (κ1) is 17.3. The Balaban J connectivity index is 1.38. The van der Waals surface area contributed by atoms with Gasteiger partial charge in [0.1, 0.15) is 5.82 Å². The fraction of sp³-hybridized carbons (Fsp3) is 0.174. The van der Waals surface area contributed by atoms with Gasteiger partial charge in [-0.05, 0) is 41.5 Å². The summed E-state index contributed by atoms with van der Waals surface area (Å²) in [5, 5.41) is 4.11. The van der Waals surface area contributed by atoms with Gasteiger partial charge in [-0.1, -0.05) is 48.0 Å². The molecule has 1 aliphatic rings. The third kappa shape index (κ3) is 3.37. The van der Waals surface area contributed by atoms with Crippen molar-refractivity contribution in [2.75, 3.05) is 31.1 Å². The predicted octanol–water partition coefficient (Wildman–Crippen LogP) is 4.96. The molecular formula is C23H21ClN4. The molecule has 1 fully saturated rings. The van der Waals surface area contributed by atoms with Crippen LogP contribution in [-0.4, -0.2) is 36.1 Å². The molecule has 0 aliphatic carbocycles. The third-order valence-corrected chi connectivity index (χ3v) is 5.52. The van der Waals surface area contributed by atoms with E-state index in [2.05, 4.69) is 68.7 Å². The van der Waals surface area contributed by atoms with Crippen molar-refractivity contribution in [2.24, 2.45) is 0 Å². The van der Waals surface area contributed by atoms with Gasteiger partial charge < -0.3 is 15.2 Å². The van der Waals surface area contributed by atoms with Crippen LogP contribution < -0.4 is 10.2 Å². The maximum absolute atomic E-state index is 6.07. The Hall–Kier alpha value is -2.82. The van der Waals surface area contributed by atoms with Crippen LogP contribution in [0.5, 0.6) is 0 Å². The van der Waals surface area contributed by atoms with Crippen molar-refractivity contribution in [2.45, 2.75) is 0 Å². The van der Waals surface area contributed by atoms with Crippen LogP contribution in [0.25, 0.3) is 33.5 Å². The minimum absolute atomic E-state index is 0.710. The summed E-state index contributed by atoms with van der Waals surface area (Å²) in [6.07, 6.45) is 0. The van der Waals surface area contributed by atoms with Gasteiger partial charge in [0.2, 0.25) is 0 Å². The van der Waals surface area contributed by atoms with E-state index >= 15 is 0 Å². The van der Waals surface area contributed by atoms with E-state index < -0.39 is 0 Å². The van der Waals surface area contributed by atoms with Gasteiger partial charge in [-0.25, -0.2) is 4.98 Å². The molecule has 140 valence electrons. The Labute approximate surface area is 169 Å². The van der Waals surface area contributed by atoms with Gasteiger partial charge >= 0.3 is 0 Å². The van der Waals surface area contributed by atoms with E-state index in [0.29, 0.717) is 5.02 Å². The first-order valence-electron chi connectivity index (χ1n) is 9.58. The first-order chi connectivity index (χ1) is 13.8. The Kier molecular flexibility index (Phi) is 4.51. The molecule has 1 aromatic heterocycles. The number of nitrogens with zero attached hydrogens (tertiary/aromatic N) is 2. The molecule has 0 amide bonds. The van der Waals surface area contributed by atoms with Gasteiger partial charge in [0.15, 0.2) is 0 Å². The molecular weight excluding hydrogens is 368 g/mol. The van der Waals surface area contributed by atoms with E-state index in [0.717, 1.165) is 48.6 Å². The second-order valence-corrected chi connectivity index (χ2v) is 7.54. The topological polar surface area (TPSA) is 44.0 Å². The summed E-state index contributed by atoms with van der Waals surface area (Å²) in [5.74, 6) is 0.859. The molecule has 0 radical (unpaired) electrons. The summed E-state index contributed by atoms with van der Waals surface area (Å²) in [5.41, 5.74) is 6.66. The van der Waals surface area contributed by atoms with E-state index in [4.69, 9.17) is 11.6 Å². The zero-order chi connectivity index (χ0) is 18.9. The molecule has 0 bridgehead atoms. The van der Waals surface area contributed by atoms with Crippen molar-refractivity contribution in [3.8, 4) is 22.5 Å². The predicted molar refractivity (Wildman–Crippen MR) is 117 cm³/mol. The number of fused-ring (bicyclic) bond motifs is 1. The monoisotopic (exact) mass is 388 g/mol. The number of piperazine rings is 1. The number of benzene rings is 3. The summed E-state index contributed by atoms with van der Waals surface area (Å²) in [6, 6.07) is 23.1. The van der Waals surface area contributed by atoms with Gasteiger partial charge in [-0.15, -0.1) is 0 Å². The number of aromatic amines is 1. The number of hydrogen-bond donors (Lipinski definition) is 2. The van der Waals surface area contributed by atoms with Crippen LogP contribution in [-0.2, 0) is 0 Å². The lowest BCUT2D eigenvalue weighted by Crippen LogP contribution is -2.43. The molecule has 2 N–H and O–H groups in total. The lowest BCUT2D eigenvalue weighted by atomic mass is 10.0. The van der Waals surface area contributed by atoms with Gasteiger partial charge in [-0.2, -0.15) is 0 Å². The quantitative estimate of drug-likeness (QED) is 0.521. The van der Waals surface area contributed by atoms with Gasteiger partial charge in [0.25, 0.3) is 0 Å². The molecule has 4 aromatic rings. The normalized spacial score (nSPS) is 14.5. The second-order valence-electron chi connectivity index (χ2n) is 7.11. The minimum Gasteiger partial charge on any atom is -0.369 e. The number of hydrogen-bond acceptors (Lipinski definition) is 3. The van der Waals surface area contributed by atoms with E-state index in [1.807, 2.05) is 18.2 Å². The number of nitrogens with one attached hydrogen (secondary N) is 2. The smallest absolute Gasteiger partial charge is 0.138 e. The van der Waals surface area contributed by atoms with Crippen molar-refractivity contribution in [3.05, 3.63) is 71.8 Å². The molecule has 2 heterocycles. The lowest BCUT2D eigenvalue weighted by molar-refractivity contribution is 0.589. The molecule has 0 saturated carbocycles. The highest BCUT2D eigenvalue weighted by molar-refractivity contribution is 6.31. The molecule has 4 nitrogen and oxygen atoms in total. The van der Waals surface area contributed by atoms with Crippen molar-refractivity contribution >= 4 is 28.3 Å². The van der Waals surface area contributed by atoms with Crippen LogP contribution in [0.15, 0.2) is 66.7 Å². The molecule has 0 atom stereocenters. The Bertz CT molecular complexity index is 1090. The average Bonchev–Trinajstić information content (AvgIpc) is 3.18. The Morgan fingerprint density at radius 1 is 0.786 bits per heavy atom. The summed E-state index contributed by atoms with van der Waals surface area (Å²) < 4.78 is 0. The van der Waals surface area contributed by atoms with E-state index in [-0.39, 0.29) is 0 Å². The molecule has 5 heteroatoms. The van der Waals surface area contributed by atoms with Crippen LogP contribution in [0.3, 0.4) is 0 Å². The summed E-state index contributed by atoms with van der Waals surface area (Å²) in [6.45, 7) is 4.24. The second kappa shape index (κ2) is 7.30. The van der Waals surface area contributed by atoms with Crippen LogP contribution in [0.2, 0.25) is 5.02 Å². The highest BCUT2D eigenvalue weighted by atomic mass is 35.5. The zero-order valence-corrected chi connectivity index (χ0v) is 16.2. The van der Waals surface area contributed by atoms with Crippen molar-refractivity contribution in [1.29, 1.82) is 0 Å².